The van der Waals surface area contributed by atoms with E-state index in [1.165, 1.54) is 4.90 Å². The average Bonchev–Trinajstić information content (AvgIpc) is 3.34. The van der Waals surface area contributed by atoms with E-state index in [-0.39, 0.29) is 36.2 Å². The zero-order valence-corrected chi connectivity index (χ0v) is 15.1. The number of carbonyl (C=O) groups is 3. The first-order valence-corrected chi connectivity index (χ1v) is 8.88. The van der Waals surface area contributed by atoms with Crippen molar-refractivity contribution in [3.8, 4) is 0 Å². The van der Waals surface area contributed by atoms with Gasteiger partial charge < -0.3 is 24.3 Å². The highest BCUT2D eigenvalue weighted by molar-refractivity contribution is 5.89. The Morgan fingerprint density at radius 3 is 2.85 bits per heavy atom. The molecule has 8 nitrogen and oxygen atoms in total. The summed E-state index contributed by atoms with van der Waals surface area (Å²) in [5.74, 6) is 0.101. The van der Waals surface area contributed by atoms with Gasteiger partial charge in [0.25, 0.3) is 5.91 Å². The van der Waals surface area contributed by atoms with E-state index in [4.69, 9.17) is 9.15 Å². The molecular weight excluding hydrogens is 338 g/mol. The number of nitrogens with one attached hydrogen (secondary N) is 1. The van der Waals surface area contributed by atoms with Crippen molar-refractivity contribution in [2.24, 2.45) is 5.92 Å². The minimum absolute atomic E-state index is 0.0460. The molecule has 26 heavy (non-hydrogen) atoms. The molecule has 2 aliphatic heterocycles. The maximum absolute atomic E-state index is 12.4. The number of hydrogen-bond donors (Lipinski definition) is 1. The minimum atomic E-state index is -0.427. The number of hydrogen-bond acceptors (Lipinski definition) is 5. The van der Waals surface area contributed by atoms with Gasteiger partial charge in [0, 0.05) is 33.6 Å². The molecule has 0 aliphatic carbocycles. The summed E-state index contributed by atoms with van der Waals surface area (Å²) in [5.41, 5.74) is 0. The van der Waals surface area contributed by atoms with E-state index in [2.05, 4.69) is 5.32 Å². The van der Waals surface area contributed by atoms with Crippen molar-refractivity contribution in [2.45, 2.75) is 38.0 Å². The van der Waals surface area contributed by atoms with Gasteiger partial charge in [0.05, 0.1) is 24.8 Å². The molecule has 2 saturated heterocycles. The van der Waals surface area contributed by atoms with Crippen LogP contribution in [-0.2, 0) is 25.7 Å². The lowest BCUT2D eigenvalue weighted by molar-refractivity contribution is -0.140. The molecule has 0 aromatic carbocycles. The second-order valence-electron chi connectivity index (χ2n) is 7.06. The third kappa shape index (κ3) is 4.24. The van der Waals surface area contributed by atoms with Crippen LogP contribution in [0.1, 0.15) is 25.0 Å². The molecule has 3 rings (SSSR count). The fourth-order valence-electron chi connectivity index (χ4n) is 3.38. The van der Waals surface area contributed by atoms with Gasteiger partial charge in [-0.05, 0) is 25.0 Å². The molecule has 0 radical (unpaired) electrons. The maximum atomic E-state index is 12.4. The standard InChI is InChI=1S/C18H25N3O5/c1-20(2)18(24)15-6-5-13(26-15)9-19-17(23)12-8-16(22)21(10-12)11-14-4-3-7-25-14/h3-4,7,12-13,15H,5-6,8-11H2,1-2H3,(H,19,23)/t12-,13+,15-/m0/s1. The molecular formula is C18H25N3O5. The van der Waals surface area contributed by atoms with Gasteiger partial charge in [-0.2, -0.15) is 0 Å². The molecule has 2 aliphatic rings. The summed E-state index contributed by atoms with van der Waals surface area (Å²) in [5, 5.41) is 2.86. The van der Waals surface area contributed by atoms with Crippen molar-refractivity contribution in [3.05, 3.63) is 24.2 Å². The van der Waals surface area contributed by atoms with Gasteiger partial charge in [0.15, 0.2) is 0 Å². The third-order valence-electron chi connectivity index (χ3n) is 4.84. The Bertz CT molecular complexity index is 658. The highest BCUT2D eigenvalue weighted by Crippen LogP contribution is 2.22. The lowest BCUT2D eigenvalue weighted by atomic mass is 10.1. The summed E-state index contributed by atoms with van der Waals surface area (Å²) < 4.78 is 11.0. The first kappa shape index (κ1) is 18.4. The maximum Gasteiger partial charge on any atom is 0.251 e. The van der Waals surface area contributed by atoms with Crippen LogP contribution in [-0.4, -0.2) is 66.9 Å². The Morgan fingerprint density at radius 2 is 2.15 bits per heavy atom. The van der Waals surface area contributed by atoms with E-state index in [0.717, 1.165) is 6.42 Å². The van der Waals surface area contributed by atoms with Crippen LogP contribution in [0.5, 0.6) is 0 Å². The van der Waals surface area contributed by atoms with Crippen LogP contribution in [0.25, 0.3) is 0 Å². The molecule has 3 atom stereocenters. The number of nitrogens with zero attached hydrogens (tertiary/aromatic N) is 2. The third-order valence-corrected chi connectivity index (χ3v) is 4.84. The molecule has 2 fully saturated rings. The fourth-order valence-corrected chi connectivity index (χ4v) is 3.38. The number of ether oxygens (including phenoxy) is 1. The van der Waals surface area contributed by atoms with Gasteiger partial charge in [0.1, 0.15) is 11.9 Å². The number of amides is 3. The molecule has 3 heterocycles. The number of furan rings is 1. The highest BCUT2D eigenvalue weighted by Gasteiger charge is 2.36. The molecule has 0 unspecified atom stereocenters. The van der Waals surface area contributed by atoms with Gasteiger partial charge in [0.2, 0.25) is 11.8 Å². The number of likely N-dealkylation sites (N-methyl/N-ethyl adjacent to an activating group) is 1. The second kappa shape index (κ2) is 7.90. The number of rotatable bonds is 6. The second-order valence-corrected chi connectivity index (χ2v) is 7.06. The Morgan fingerprint density at radius 1 is 1.35 bits per heavy atom. The van der Waals surface area contributed by atoms with E-state index < -0.39 is 6.10 Å². The molecule has 1 aromatic heterocycles. The summed E-state index contributed by atoms with van der Waals surface area (Å²) in [4.78, 5) is 39.5. The lowest BCUT2D eigenvalue weighted by Gasteiger charge is -2.18. The van der Waals surface area contributed by atoms with Gasteiger partial charge in [-0.1, -0.05) is 0 Å². The normalized spacial score (nSPS) is 25.5. The smallest absolute Gasteiger partial charge is 0.251 e. The molecule has 0 bridgehead atoms. The molecule has 0 saturated carbocycles. The molecule has 0 spiro atoms. The highest BCUT2D eigenvalue weighted by atomic mass is 16.5. The van der Waals surface area contributed by atoms with Crippen molar-refractivity contribution in [1.29, 1.82) is 0 Å². The molecule has 8 heteroatoms. The lowest BCUT2D eigenvalue weighted by Crippen LogP contribution is -2.39. The van der Waals surface area contributed by atoms with Crippen LogP contribution in [0.2, 0.25) is 0 Å². The van der Waals surface area contributed by atoms with Gasteiger partial charge in [-0.3, -0.25) is 14.4 Å². The van der Waals surface area contributed by atoms with Crippen molar-refractivity contribution >= 4 is 17.7 Å². The Hall–Kier alpha value is -2.35. The predicted molar refractivity (Wildman–Crippen MR) is 91.8 cm³/mol. The average molecular weight is 363 g/mol. The van der Waals surface area contributed by atoms with Crippen molar-refractivity contribution in [1.82, 2.24) is 15.1 Å². The Labute approximate surface area is 152 Å². The van der Waals surface area contributed by atoms with E-state index in [9.17, 15) is 14.4 Å². The number of likely N-dealkylation sites (tertiary alicyclic amines) is 1. The number of carbonyl (C=O) groups excluding carboxylic acids is 3. The van der Waals surface area contributed by atoms with Crippen LogP contribution >= 0.6 is 0 Å². The quantitative estimate of drug-likeness (QED) is 0.789. The molecule has 1 N–H and O–H groups in total. The van der Waals surface area contributed by atoms with Crippen LogP contribution in [0.3, 0.4) is 0 Å². The van der Waals surface area contributed by atoms with Gasteiger partial charge in [-0.25, -0.2) is 0 Å². The first-order chi connectivity index (χ1) is 12.4. The summed E-state index contributed by atoms with van der Waals surface area (Å²) in [6.07, 6.45) is 2.58. The van der Waals surface area contributed by atoms with Gasteiger partial charge in [-0.15, -0.1) is 0 Å². The van der Waals surface area contributed by atoms with E-state index >= 15 is 0 Å². The summed E-state index contributed by atoms with van der Waals surface area (Å²) in [6, 6.07) is 3.58. The van der Waals surface area contributed by atoms with Crippen LogP contribution in [0, 0.1) is 5.92 Å². The zero-order valence-electron chi connectivity index (χ0n) is 15.1. The SMILES string of the molecule is CN(C)C(=O)[C@@H]1CC[C@H](CNC(=O)[C@H]2CC(=O)N(Cc3ccco3)C2)O1. The van der Waals surface area contributed by atoms with Crippen molar-refractivity contribution < 1.29 is 23.5 Å². The van der Waals surface area contributed by atoms with Gasteiger partial charge >= 0.3 is 0 Å². The largest absolute Gasteiger partial charge is 0.467 e. The molecule has 3 amide bonds. The summed E-state index contributed by atoms with van der Waals surface area (Å²) in [7, 11) is 3.40. The van der Waals surface area contributed by atoms with E-state index in [0.29, 0.717) is 31.8 Å². The minimum Gasteiger partial charge on any atom is -0.467 e. The molecule has 142 valence electrons. The van der Waals surface area contributed by atoms with Crippen molar-refractivity contribution in [3.63, 3.8) is 0 Å². The Balaban J connectivity index is 1.43. The Kier molecular flexibility index (Phi) is 5.61. The van der Waals surface area contributed by atoms with Crippen molar-refractivity contribution in [2.75, 3.05) is 27.2 Å². The van der Waals surface area contributed by atoms with Crippen LogP contribution < -0.4 is 5.32 Å². The van der Waals surface area contributed by atoms with E-state index in [1.54, 1.807) is 31.3 Å². The molecule has 1 aromatic rings. The van der Waals surface area contributed by atoms with E-state index in [1.807, 2.05) is 6.07 Å². The fraction of sp³-hybridized carbons (Fsp3) is 0.611. The zero-order chi connectivity index (χ0) is 18.7. The summed E-state index contributed by atoms with van der Waals surface area (Å²) in [6.45, 7) is 1.13. The van der Waals surface area contributed by atoms with Crippen LogP contribution in [0.4, 0.5) is 0 Å². The first-order valence-electron chi connectivity index (χ1n) is 8.88. The summed E-state index contributed by atoms with van der Waals surface area (Å²) >= 11 is 0. The topological polar surface area (TPSA) is 92.1 Å². The predicted octanol–water partition coefficient (Wildman–Crippen LogP) is 0.380. The van der Waals surface area contributed by atoms with Crippen LogP contribution in [0.15, 0.2) is 22.8 Å². The monoisotopic (exact) mass is 363 g/mol.